The lowest BCUT2D eigenvalue weighted by Gasteiger charge is -2.02. The maximum atomic E-state index is 16.6. The number of fused-ring (bicyclic) bond motifs is 6. The van der Waals surface area contributed by atoms with Crippen molar-refractivity contribution in [1.29, 1.82) is 15.8 Å². The van der Waals surface area contributed by atoms with E-state index in [0.29, 0.717) is 0 Å². The first-order valence-corrected chi connectivity index (χ1v) is 14.9. The number of oxazole rings is 3. The minimum atomic E-state index is -5.73. The first-order valence-electron chi connectivity index (χ1n) is 14.9. The van der Waals surface area contributed by atoms with Crippen molar-refractivity contribution >= 4 is 51.7 Å². The van der Waals surface area contributed by atoms with E-state index in [-0.39, 0.29) is 0 Å². The van der Waals surface area contributed by atoms with Gasteiger partial charge in [0.2, 0.25) is 17.7 Å². The van der Waals surface area contributed by atoms with Crippen LogP contribution in [0.3, 0.4) is 0 Å². The van der Waals surface area contributed by atoms with Crippen LogP contribution in [0.5, 0.6) is 0 Å². The van der Waals surface area contributed by atoms with Crippen LogP contribution in [0.4, 0.5) is 79.0 Å². The Morgan fingerprint density at radius 3 is 0.683 bits per heavy atom. The van der Waals surface area contributed by atoms with E-state index in [2.05, 4.69) is 28.2 Å². The molecule has 3 heterocycles. The summed E-state index contributed by atoms with van der Waals surface area (Å²) in [5, 5.41) is 18.0. The number of nitriles is 3. The molecule has 0 radical (unpaired) electrons. The molecule has 0 amide bonds. The van der Waals surface area contributed by atoms with Crippen molar-refractivity contribution < 1.29 is 92.3 Å². The van der Waals surface area contributed by atoms with E-state index in [1.165, 1.54) is 0 Å². The van der Waals surface area contributed by atoms with Gasteiger partial charge in [0.1, 0.15) is 69.9 Å². The fourth-order valence-electron chi connectivity index (χ4n) is 6.15. The molecule has 0 unspecified atom stereocenters. The van der Waals surface area contributed by atoms with E-state index >= 15 is 26.3 Å². The molecule has 0 fully saturated rings. The van der Waals surface area contributed by atoms with Gasteiger partial charge in [0, 0.05) is 31.3 Å². The number of rotatable bonds is 3. The summed E-state index contributed by atoms with van der Waals surface area (Å²) in [6, 6.07) is 2.66. The Labute approximate surface area is 312 Å². The van der Waals surface area contributed by atoms with Crippen LogP contribution >= 0.6 is 0 Å². The highest BCUT2D eigenvalue weighted by atomic mass is 19.4. The molecule has 0 saturated heterocycles. The van der Waals surface area contributed by atoms with Gasteiger partial charge in [-0.25, -0.2) is 26.3 Å². The molecule has 3 aliphatic rings. The Morgan fingerprint density at radius 2 is 0.550 bits per heavy atom. The first-order chi connectivity index (χ1) is 27.8. The molecule has 306 valence electrons. The third-order valence-electron chi connectivity index (χ3n) is 8.39. The van der Waals surface area contributed by atoms with E-state index in [4.69, 9.17) is 0 Å². The Kier molecular flexibility index (Phi) is 8.82. The molecular weight excluding hydrogens is 870 g/mol. The number of hydrogen-bond donors (Lipinski definition) is 0. The fraction of sp³-hybridized carbons (Fsp3) is 0.0909. The highest BCUT2D eigenvalue weighted by molar-refractivity contribution is 6.03. The third-order valence-corrected chi connectivity index (χ3v) is 8.39. The van der Waals surface area contributed by atoms with Crippen molar-refractivity contribution in [2.45, 2.75) is 18.5 Å². The van der Waals surface area contributed by atoms with Crippen molar-refractivity contribution in [2.24, 2.45) is 0 Å². The van der Waals surface area contributed by atoms with E-state index in [0.717, 1.165) is 18.2 Å². The normalized spacial score (nSPS) is 15.2. The summed E-state index contributed by atoms with van der Waals surface area (Å²) in [5.41, 5.74) is -11.7. The second-order valence-electron chi connectivity index (χ2n) is 11.6. The number of benzene rings is 1. The maximum absolute atomic E-state index is 16.6. The number of aromatic nitrogens is 3. The van der Waals surface area contributed by atoms with Gasteiger partial charge in [0.15, 0.2) is 0 Å². The Balaban J connectivity index is 1.75. The highest BCUT2D eigenvalue weighted by Gasteiger charge is 2.45. The predicted octanol–water partition coefficient (Wildman–Crippen LogP) is 5.56. The topological polar surface area (TPSA) is 149 Å². The van der Waals surface area contributed by atoms with Gasteiger partial charge in [-0.05, 0) is 0 Å². The second-order valence-corrected chi connectivity index (χ2v) is 11.6. The maximum Gasteiger partial charge on any atom is 0.454 e. The Morgan fingerprint density at radius 1 is 0.367 bits per heavy atom. The summed E-state index contributed by atoms with van der Waals surface area (Å²) >= 11 is 0. The summed E-state index contributed by atoms with van der Waals surface area (Å²) in [4.78, 5) is 7.84. The smallest absolute Gasteiger partial charge is 0.428 e. The molecule has 27 heteroatoms. The Hall–Kier alpha value is -7.50. The SMILES string of the molecule is N#CC(=C1C(F)=c2c3c(c4c(c2=C1F)=C(F)C(=C(C#N)c1nc(F)c(C(F)(F)F)o1)C=4F)=C(F)C(=C(C#N)c1nc(F)c(C(F)(F)F)o1)C=3F)c1nc(F)c(C(F)(F)F)o1. The van der Waals surface area contributed by atoms with Gasteiger partial charge in [-0.2, -0.15) is 83.4 Å². The summed E-state index contributed by atoms with van der Waals surface area (Å²) in [6.07, 6.45) is -17.2. The van der Waals surface area contributed by atoms with Crippen LogP contribution in [-0.4, -0.2) is 15.0 Å². The second kappa shape index (κ2) is 13.0. The van der Waals surface area contributed by atoms with Crippen LogP contribution in [0.15, 0.2) is 30.0 Å². The molecule has 0 N–H and O–H groups in total. The zero-order chi connectivity index (χ0) is 44.5. The summed E-state index contributed by atoms with van der Waals surface area (Å²) < 4.78 is 274. The molecule has 0 saturated carbocycles. The van der Waals surface area contributed by atoms with Crippen LogP contribution in [0.2, 0.25) is 0 Å². The molecule has 0 bridgehead atoms. The first kappa shape index (κ1) is 40.7. The van der Waals surface area contributed by atoms with Crippen LogP contribution < -0.4 is 31.3 Å². The fourth-order valence-corrected chi connectivity index (χ4v) is 6.15. The lowest BCUT2D eigenvalue weighted by Crippen LogP contribution is -2.64. The van der Waals surface area contributed by atoms with Crippen molar-refractivity contribution in [3.63, 3.8) is 0 Å². The average Bonchev–Trinajstić information content (AvgIpc) is 3.97. The summed E-state index contributed by atoms with van der Waals surface area (Å²) in [7, 11) is 0. The number of alkyl halides is 9. The van der Waals surface area contributed by atoms with Gasteiger partial charge in [0.25, 0.3) is 35.1 Å². The monoisotopic (exact) mass is 870 g/mol. The summed E-state index contributed by atoms with van der Waals surface area (Å²) in [6.45, 7) is 0. The number of allylic oxidation sites excluding steroid dienone is 6. The average molecular weight is 870 g/mol. The van der Waals surface area contributed by atoms with Crippen molar-refractivity contribution in [3.8, 4) is 18.2 Å². The van der Waals surface area contributed by atoms with Crippen molar-refractivity contribution in [1.82, 2.24) is 15.0 Å². The summed E-state index contributed by atoms with van der Waals surface area (Å²) in [5.74, 6) is -35.8. The number of halogens is 18. The molecule has 3 aromatic heterocycles. The minimum Gasteiger partial charge on any atom is -0.428 e. The van der Waals surface area contributed by atoms with Gasteiger partial charge >= 0.3 is 18.5 Å². The van der Waals surface area contributed by atoms with Crippen molar-refractivity contribution in [2.75, 3.05) is 0 Å². The van der Waals surface area contributed by atoms with Gasteiger partial charge < -0.3 is 13.3 Å². The molecular formula is C33F18N6O3. The molecule has 0 atom stereocenters. The quantitative estimate of drug-likeness (QED) is 0.191. The molecule has 9 nitrogen and oxygen atoms in total. The highest BCUT2D eigenvalue weighted by Crippen LogP contribution is 2.41. The minimum absolute atomic E-state index is 0.885. The van der Waals surface area contributed by atoms with Crippen LogP contribution in [-0.2, 0) is 18.5 Å². The van der Waals surface area contributed by atoms with E-state index in [9.17, 15) is 68.5 Å². The zero-order valence-electron chi connectivity index (χ0n) is 27.2. The number of nitrogens with zero attached hydrogens (tertiary/aromatic N) is 6. The van der Waals surface area contributed by atoms with E-state index in [1.54, 1.807) is 0 Å². The predicted molar refractivity (Wildman–Crippen MR) is 153 cm³/mol. The molecule has 60 heavy (non-hydrogen) atoms. The van der Waals surface area contributed by atoms with E-state index < -0.39 is 171 Å². The molecule has 0 aliphatic heterocycles. The molecule has 7 rings (SSSR count). The van der Waals surface area contributed by atoms with Gasteiger partial charge in [-0.3, -0.25) is 0 Å². The van der Waals surface area contributed by atoms with Crippen LogP contribution in [0.25, 0.3) is 51.7 Å². The van der Waals surface area contributed by atoms with Gasteiger partial charge in [-0.1, -0.05) is 0 Å². The number of hydrogen-bond acceptors (Lipinski definition) is 9. The van der Waals surface area contributed by atoms with Crippen LogP contribution in [0, 0.1) is 51.8 Å². The lowest BCUT2D eigenvalue weighted by molar-refractivity contribution is -0.156. The largest absolute Gasteiger partial charge is 0.454 e. The van der Waals surface area contributed by atoms with E-state index in [1.807, 2.05) is 0 Å². The van der Waals surface area contributed by atoms with Crippen LogP contribution in [0.1, 0.15) is 35.0 Å². The zero-order valence-corrected chi connectivity index (χ0v) is 27.2. The van der Waals surface area contributed by atoms with Gasteiger partial charge in [0.05, 0.1) is 16.7 Å². The molecule has 4 aromatic rings. The lowest BCUT2D eigenvalue weighted by atomic mass is 10.1. The molecule has 0 spiro atoms. The van der Waals surface area contributed by atoms with Gasteiger partial charge in [-0.15, -0.1) is 0 Å². The van der Waals surface area contributed by atoms with Crippen molar-refractivity contribution in [3.05, 3.63) is 101 Å². The standard InChI is InChI=1S/C33F18N6O3/c34-16-7(4(1-52)28-55-25(40)22(58-28)31(43,44)45)17(35)11-10(16)12-14(20(38)8(18(12)36)5(2-53)29-56-26(41)23(59-29)32(46,47)48)15-13(11)19(37)9(21(15)39)6(3-54)30-57-27(42)24(60-30)33(49,50)51. The molecule has 3 aliphatic carbocycles. The molecule has 1 aromatic carbocycles. The third kappa shape index (κ3) is 5.61. The Bertz CT molecular complexity index is 2860.